The quantitative estimate of drug-likeness (QED) is 0.373. The van der Waals surface area contributed by atoms with Crippen LogP contribution in [-0.2, 0) is 7.05 Å². The molecule has 3 heterocycles. The van der Waals surface area contributed by atoms with Crippen molar-refractivity contribution in [3.8, 4) is 11.1 Å². The lowest BCUT2D eigenvalue weighted by molar-refractivity contribution is 0.574. The summed E-state index contributed by atoms with van der Waals surface area (Å²) in [5, 5.41) is 11.2. The van der Waals surface area contributed by atoms with Crippen molar-refractivity contribution in [2.45, 2.75) is 25.7 Å². The van der Waals surface area contributed by atoms with Crippen LogP contribution in [0.5, 0.6) is 0 Å². The molecule has 1 saturated carbocycles. The van der Waals surface area contributed by atoms with Crippen LogP contribution in [0, 0.1) is 0 Å². The molecule has 2 aromatic heterocycles. The zero-order valence-electron chi connectivity index (χ0n) is 21.3. The van der Waals surface area contributed by atoms with Crippen LogP contribution in [0.4, 0.5) is 11.5 Å². The Balaban J connectivity index is 0.000000445. The second kappa shape index (κ2) is 12.7. The topological polar surface area (TPSA) is 84.0 Å². The molecule has 4 N–H and O–H groups in total. The van der Waals surface area contributed by atoms with Gasteiger partial charge in [-0.3, -0.25) is 4.68 Å². The minimum atomic E-state index is 0.525. The molecule has 0 amide bonds. The number of pyridine rings is 1. The van der Waals surface area contributed by atoms with Crippen molar-refractivity contribution in [3.05, 3.63) is 96.3 Å². The van der Waals surface area contributed by atoms with Gasteiger partial charge in [-0.2, -0.15) is 5.10 Å². The molecule has 36 heavy (non-hydrogen) atoms. The van der Waals surface area contributed by atoms with Crippen LogP contribution in [0.15, 0.2) is 96.3 Å². The fourth-order valence-corrected chi connectivity index (χ4v) is 3.96. The molecule has 2 aliphatic rings. The first-order chi connectivity index (χ1) is 17.6. The third-order valence-corrected chi connectivity index (χ3v) is 6.14. The predicted octanol–water partition coefficient (Wildman–Crippen LogP) is 4.97. The van der Waals surface area contributed by atoms with Gasteiger partial charge < -0.3 is 21.3 Å². The number of rotatable bonds is 9. The number of aryl methyl sites for hydroxylation is 1. The van der Waals surface area contributed by atoms with E-state index in [1.807, 2.05) is 61.9 Å². The number of anilines is 2. The largest absolute Gasteiger partial charge is 0.382 e. The van der Waals surface area contributed by atoms with Gasteiger partial charge in [0.05, 0.1) is 11.9 Å². The maximum Gasteiger partial charge on any atom is 0.146 e. The zero-order valence-corrected chi connectivity index (χ0v) is 21.3. The summed E-state index contributed by atoms with van der Waals surface area (Å²) in [6, 6.07) is 14.0. The monoisotopic (exact) mass is 483 g/mol. The molecule has 7 nitrogen and oxygen atoms in total. The summed E-state index contributed by atoms with van der Waals surface area (Å²) >= 11 is 0. The maximum absolute atomic E-state index is 6.03. The van der Waals surface area contributed by atoms with Crippen molar-refractivity contribution in [3.63, 3.8) is 0 Å². The number of nitrogens with two attached hydrogens (primary N) is 1. The molecule has 3 aromatic rings. The molecule has 1 aliphatic carbocycles. The summed E-state index contributed by atoms with van der Waals surface area (Å²) in [4.78, 5) is 6.55. The summed E-state index contributed by atoms with van der Waals surface area (Å²) in [5.74, 6) is 0.525. The second-order valence-electron chi connectivity index (χ2n) is 9.13. The molecular weight excluding hydrogens is 446 g/mol. The summed E-state index contributed by atoms with van der Waals surface area (Å²) < 4.78 is 1.78. The first kappa shape index (κ1) is 25.3. The van der Waals surface area contributed by atoms with E-state index in [1.165, 1.54) is 24.1 Å². The molecular formula is C29H37N7. The van der Waals surface area contributed by atoms with Gasteiger partial charge in [0.2, 0.25) is 0 Å². The molecule has 0 bridgehead atoms. The molecule has 1 aliphatic heterocycles. The molecule has 7 heteroatoms. The van der Waals surface area contributed by atoms with Crippen molar-refractivity contribution < 1.29 is 0 Å². The SMILES string of the molecule is CN1C=CC(CCNCCCNc2cc(-c3cnn(C)c3)cnc2N)=CC1=C1CC1.c1ccccc1. The van der Waals surface area contributed by atoms with Crippen molar-refractivity contribution in [2.75, 3.05) is 37.7 Å². The summed E-state index contributed by atoms with van der Waals surface area (Å²) in [6.45, 7) is 2.80. The van der Waals surface area contributed by atoms with E-state index in [0.717, 1.165) is 49.3 Å². The van der Waals surface area contributed by atoms with Crippen molar-refractivity contribution in [2.24, 2.45) is 7.05 Å². The Kier molecular flexibility index (Phi) is 8.94. The number of aromatic nitrogens is 3. The highest BCUT2D eigenvalue weighted by molar-refractivity contribution is 5.72. The van der Waals surface area contributed by atoms with E-state index in [-0.39, 0.29) is 0 Å². The third kappa shape index (κ3) is 7.58. The third-order valence-electron chi connectivity index (χ3n) is 6.14. The van der Waals surface area contributed by atoms with E-state index in [9.17, 15) is 0 Å². The maximum atomic E-state index is 6.03. The Hall–Kier alpha value is -3.84. The number of nitrogen functional groups attached to an aromatic ring is 1. The molecule has 0 atom stereocenters. The van der Waals surface area contributed by atoms with Gasteiger partial charge in [-0.15, -0.1) is 0 Å². The minimum Gasteiger partial charge on any atom is -0.382 e. The molecule has 0 spiro atoms. The van der Waals surface area contributed by atoms with Gasteiger partial charge in [-0.25, -0.2) is 4.98 Å². The molecule has 188 valence electrons. The fourth-order valence-electron chi connectivity index (χ4n) is 3.96. The van der Waals surface area contributed by atoms with E-state index in [4.69, 9.17) is 5.73 Å². The van der Waals surface area contributed by atoms with Crippen LogP contribution >= 0.6 is 0 Å². The highest BCUT2D eigenvalue weighted by Crippen LogP contribution is 2.35. The first-order valence-corrected chi connectivity index (χ1v) is 12.6. The Morgan fingerprint density at radius 3 is 2.36 bits per heavy atom. The normalized spacial score (nSPS) is 14.3. The standard InChI is InChI=1S/C23H31N7.C6H6/c1-29-11-7-17(12-22(29)18-4-5-18)6-10-25-8-3-9-26-21-13-19(14-27-23(21)24)20-15-28-30(2)16-20;1-2-4-6-5-3-1/h7,11-16,25-26H,3-6,8-10H2,1-2H3,(H2,24,27);1-6H. The van der Waals surface area contributed by atoms with Crippen LogP contribution in [-0.4, -0.2) is 46.3 Å². The van der Waals surface area contributed by atoms with Crippen LogP contribution < -0.4 is 16.4 Å². The van der Waals surface area contributed by atoms with E-state index >= 15 is 0 Å². The van der Waals surface area contributed by atoms with Gasteiger partial charge in [-0.1, -0.05) is 36.4 Å². The van der Waals surface area contributed by atoms with Gasteiger partial charge in [0.1, 0.15) is 5.82 Å². The van der Waals surface area contributed by atoms with Crippen molar-refractivity contribution in [1.29, 1.82) is 0 Å². The smallest absolute Gasteiger partial charge is 0.146 e. The molecule has 0 saturated heterocycles. The Labute approximate surface area is 214 Å². The van der Waals surface area contributed by atoms with Crippen LogP contribution in [0.25, 0.3) is 11.1 Å². The van der Waals surface area contributed by atoms with E-state index in [0.29, 0.717) is 5.82 Å². The molecule has 1 aromatic carbocycles. The van der Waals surface area contributed by atoms with E-state index in [1.54, 1.807) is 16.5 Å². The molecule has 0 radical (unpaired) electrons. The van der Waals surface area contributed by atoms with Gasteiger partial charge in [0.25, 0.3) is 0 Å². The molecule has 1 fully saturated rings. The second-order valence-corrected chi connectivity index (χ2v) is 9.13. The summed E-state index contributed by atoms with van der Waals surface area (Å²) in [5.41, 5.74) is 13.3. The lowest BCUT2D eigenvalue weighted by Crippen LogP contribution is -2.20. The zero-order chi connectivity index (χ0) is 25.2. The van der Waals surface area contributed by atoms with Crippen molar-refractivity contribution >= 4 is 11.5 Å². The average Bonchev–Trinajstić information content (AvgIpc) is 3.66. The predicted molar refractivity (Wildman–Crippen MR) is 149 cm³/mol. The Morgan fingerprint density at radius 2 is 1.69 bits per heavy atom. The van der Waals surface area contributed by atoms with Crippen LogP contribution in [0.2, 0.25) is 0 Å². The number of likely N-dealkylation sites (N-methyl/N-ethyl adjacent to an activating group) is 1. The first-order valence-electron chi connectivity index (χ1n) is 12.6. The number of nitrogens with zero attached hydrogens (tertiary/aromatic N) is 4. The lowest BCUT2D eigenvalue weighted by Gasteiger charge is -2.21. The minimum absolute atomic E-state index is 0.525. The highest BCUT2D eigenvalue weighted by Gasteiger charge is 2.20. The van der Waals surface area contributed by atoms with Gasteiger partial charge in [0.15, 0.2) is 0 Å². The summed E-state index contributed by atoms with van der Waals surface area (Å²) in [7, 11) is 4.04. The number of nitrogens with one attached hydrogen (secondary N) is 2. The van der Waals surface area contributed by atoms with Gasteiger partial charge >= 0.3 is 0 Å². The van der Waals surface area contributed by atoms with Gasteiger partial charge in [-0.05, 0) is 68.1 Å². The summed E-state index contributed by atoms with van der Waals surface area (Å²) in [6.07, 6.45) is 16.9. The van der Waals surface area contributed by atoms with E-state index in [2.05, 4.69) is 51.0 Å². The lowest BCUT2D eigenvalue weighted by atomic mass is 10.1. The fraction of sp³-hybridized carbons (Fsp3) is 0.310. The van der Waals surface area contributed by atoms with Crippen LogP contribution in [0.3, 0.4) is 0 Å². The number of hydrogen-bond acceptors (Lipinski definition) is 6. The average molecular weight is 484 g/mol. The number of hydrogen-bond donors (Lipinski definition) is 3. The van der Waals surface area contributed by atoms with Crippen molar-refractivity contribution in [1.82, 2.24) is 25.0 Å². The number of benzene rings is 1. The Bertz CT molecular complexity index is 1170. The van der Waals surface area contributed by atoms with Gasteiger partial charge in [0, 0.05) is 56.1 Å². The highest BCUT2D eigenvalue weighted by atomic mass is 15.2. The molecule has 5 rings (SSSR count). The van der Waals surface area contributed by atoms with E-state index < -0.39 is 0 Å². The Morgan fingerprint density at radius 1 is 0.944 bits per heavy atom. The van der Waals surface area contributed by atoms with Crippen LogP contribution in [0.1, 0.15) is 25.7 Å². The molecule has 0 unspecified atom stereocenters. The number of allylic oxidation sites excluding steroid dienone is 3.